The van der Waals surface area contributed by atoms with Gasteiger partial charge in [-0.1, -0.05) is 0 Å². The van der Waals surface area contributed by atoms with Crippen molar-refractivity contribution in [2.24, 2.45) is 5.73 Å². The number of nitrogens with two attached hydrogens (primary N) is 1. The fraction of sp³-hybridized carbons (Fsp3) is 0.667. The lowest BCUT2D eigenvalue weighted by Gasteiger charge is -1.64. The minimum absolute atomic E-state index is 0.0509. The summed E-state index contributed by atoms with van der Waals surface area (Å²) in [5.74, 6) is 0. The van der Waals surface area contributed by atoms with Crippen molar-refractivity contribution in [3.63, 3.8) is 0 Å². The van der Waals surface area contributed by atoms with Crippen molar-refractivity contribution < 1.29 is 4.79 Å². The second kappa shape index (κ2) is 1.03. The molecular weight excluding hydrogens is 80.0 g/mol. The van der Waals surface area contributed by atoms with Gasteiger partial charge in [0.1, 0.15) is 6.29 Å². The van der Waals surface area contributed by atoms with Crippen LogP contribution in [0.4, 0.5) is 0 Å². The summed E-state index contributed by atoms with van der Waals surface area (Å²) in [4.78, 5) is 9.64. The predicted octanol–water partition coefficient (Wildman–Crippen LogP) is -1.56. The van der Waals surface area contributed by atoms with Crippen molar-refractivity contribution in [2.75, 3.05) is 0 Å². The molecule has 34 valence electrons. The van der Waals surface area contributed by atoms with Gasteiger partial charge < -0.3 is 10.5 Å². The molecule has 3 N–H and O–H groups in total. The zero-order chi connectivity index (χ0) is 4.57. The van der Waals surface area contributed by atoms with E-state index in [1.165, 1.54) is 0 Å². The zero-order valence-electron chi connectivity index (χ0n) is 3.22. The molecule has 0 aromatic heterocycles. The first-order valence-corrected chi connectivity index (χ1v) is 1.81. The summed E-state index contributed by atoms with van der Waals surface area (Å²) in [5.41, 5.74) is 5.13. The van der Waals surface area contributed by atoms with Crippen LogP contribution in [0, 0.1) is 0 Å². The Kier molecular flexibility index (Phi) is 0.645. The third kappa shape index (κ3) is 0.418. The Morgan fingerprint density at radius 1 is 1.83 bits per heavy atom. The van der Waals surface area contributed by atoms with Crippen LogP contribution in [-0.4, -0.2) is 18.5 Å². The van der Waals surface area contributed by atoms with Crippen LogP contribution in [-0.2, 0) is 4.79 Å². The lowest BCUT2D eigenvalue weighted by molar-refractivity contribution is -0.107. The number of nitrogens with one attached hydrogen (secondary N) is 1. The number of carbonyl (C=O) groups is 1. The van der Waals surface area contributed by atoms with E-state index in [0.717, 1.165) is 6.29 Å². The molecule has 1 saturated heterocycles. The van der Waals surface area contributed by atoms with E-state index in [9.17, 15) is 4.79 Å². The Morgan fingerprint density at radius 2 is 2.33 bits per heavy atom. The third-order valence-corrected chi connectivity index (χ3v) is 0.809. The molecule has 0 aromatic rings. The maximum Gasteiger partial charge on any atom is 0.139 e. The quantitative estimate of drug-likeness (QED) is 0.299. The fourth-order valence-corrected chi connectivity index (χ4v) is 0.291. The van der Waals surface area contributed by atoms with E-state index in [2.05, 4.69) is 5.32 Å². The third-order valence-electron chi connectivity index (χ3n) is 0.809. The molecule has 1 rings (SSSR count). The number of aldehydes is 1. The number of carbonyl (C=O) groups excluding carboxylic acids is 1. The second-order valence-electron chi connectivity index (χ2n) is 1.35. The van der Waals surface area contributed by atoms with Gasteiger partial charge in [-0.05, 0) is 0 Å². The van der Waals surface area contributed by atoms with E-state index in [-0.39, 0.29) is 12.2 Å². The van der Waals surface area contributed by atoms with Crippen LogP contribution in [0.1, 0.15) is 0 Å². The molecular formula is C3H6N2O. The monoisotopic (exact) mass is 86.0 g/mol. The van der Waals surface area contributed by atoms with Gasteiger partial charge in [0.25, 0.3) is 0 Å². The minimum atomic E-state index is -0.0532. The van der Waals surface area contributed by atoms with Crippen LogP contribution in [0.3, 0.4) is 0 Å². The fourth-order valence-electron chi connectivity index (χ4n) is 0.291. The first kappa shape index (κ1) is 3.77. The maximum absolute atomic E-state index is 9.64. The van der Waals surface area contributed by atoms with Crippen LogP contribution in [0.15, 0.2) is 0 Å². The van der Waals surface area contributed by atoms with Gasteiger partial charge in [-0.3, -0.25) is 5.32 Å². The van der Waals surface area contributed by atoms with Crippen molar-refractivity contribution in [1.29, 1.82) is 0 Å². The highest BCUT2D eigenvalue weighted by Crippen LogP contribution is 1.96. The van der Waals surface area contributed by atoms with Gasteiger partial charge in [0.15, 0.2) is 0 Å². The van der Waals surface area contributed by atoms with E-state index < -0.39 is 0 Å². The van der Waals surface area contributed by atoms with Crippen LogP contribution >= 0.6 is 0 Å². The SMILES string of the molecule is NC1NC1C=O. The summed E-state index contributed by atoms with van der Waals surface area (Å²) >= 11 is 0. The van der Waals surface area contributed by atoms with Crippen molar-refractivity contribution in [2.45, 2.75) is 12.2 Å². The van der Waals surface area contributed by atoms with Crippen LogP contribution in [0.25, 0.3) is 0 Å². The van der Waals surface area contributed by atoms with Crippen molar-refractivity contribution >= 4 is 6.29 Å². The topological polar surface area (TPSA) is 65.0 Å². The molecule has 0 amide bonds. The average molecular weight is 86.1 g/mol. The van der Waals surface area contributed by atoms with Crippen LogP contribution in [0.2, 0.25) is 0 Å². The molecule has 2 atom stereocenters. The van der Waals surface area contributed by atoms with Crippen LogP contribution < -0.4 is 11.1 Å². The molecule has 1 aliphatic rings. The van der Waals surface area contributed by atoms with E-state index in [0.29, 0.717) is 0 Å². The summed E-state index contributed by atoms with van der Waals surface area (Å²) in [6.07, 6.45) is 0.757. The molecule has 0 bridgehead atoms. The molecule has 2 unspecified atom stereocenters. The molecule has 0 spiro atoms. The van der Waals surface area contributed by atoms with Crippen molar-refractivity contribution in [1.82, 2.24) is 5.32 Å². The molecule has 1 fully saturated rings. The molecule has 6 heavy (non-hydrogen) atoms. The summed E-state index contributed by atoms with van der Waals surface area (Å²) in [7, 11) is 0. The number of hydrogen-bond acceptors (Lipinski definition) is 3. The smallest absolute Gasteiger partial charge is 0.139 e. The van der Waals surface area contributed by atoms with Gasteiger partial charge >= 0.3 is 0 Å². The molecule has 1 heterocycles. The molecule has 3 heteroatoms. The lowest BCUT2D eigenvalue weighted by atomic mass is 10.5. The second-order valence-corrected chi connectivity index (χ2v) is 1.35. The summed E-state index contributed by atoms with van der Waals surface area (Å²) in [6, 6.07) is -0.0509. The van der Waals surface area contributed by atoms with E-state index in [4.69, 9.17) is 5.73 Å². The van der Waals surface area contributed by atoms with Gasteiger partial charge in [0, 0.05) is 0 Å². The maximum atomic E-state index is 9.64. The Bertz CT molecular complexity index is 73.2. The highest BCUT2D eigenvalue weighted by atomic mass is 16.1. The Labute approximate surface area is 35.5 Å². The van der Waals surface area contributed by atoms with Crippen molar-refractivity contribution in [3.8, 4) is 0 Å². The molecule has 0 aromatic carbocycles. The summed E-state index contributed by atoms with van der Waals surface area (Å²) in [6.45, 7) is 0. The summed E-state index contributed by atoms with van der Waals surface area (Å²) < 4.78 is 0. The molecule has 0 saturated carbocycles. The molecule has 1 aliphatic heterocycles. The first-order valence-electron chi connectivity index (χ1n) is 1.81. The first-order chi connectivity index (χ1) is 2.84. The number of rotatable bonds is 1. The molecule has 3 nitrogen and oxygen atoms in total. The number of hydrogen-bond donors (Lipinski definition) is 2. The highest BCUT2D eigenvalue weighted by Gasteiger charge is 2.30. The van der Waals surface area contributed by atoms with Crippen molar-refractivity contribution in [3.05, 3.63) is 0 Å². The van der Waals surface area contributed by atoms with E-state index in [1.54, 1.807) is 0 Å². The van der Waals surface area contributed by atoms with E-state index >= 15 is 0 Å². The Hall–Kier alpha value is -0.410. The normalized spacial score (nSPS) is 42.2. The van der Waals surface area contributed by atoms with Crippen LogP contribution in [0.5, 0.6) is 0 Å². The lowest BCUT2D eigenvalue weighted by Crippen LogP contribution is -2.06. The van der Waals surface area contributed by atoms with E-state index in [1.807, 2.05) is 0 Å². The zero-order valence-corrected chi connectivity index (χ0v) is 3.22. The average Bonchev–Trinajstić information content (AvgIpc) is 2.19. The predicted molar refractivity (Wildman–Crippen MR) is 21.0 cm³/mol. The molecule has 0 aliphatic carbocycles. The van der Waals surface area contributed by atoms with Gasteiger partial charge in [0.05, 0.1) is 12.2 Å². The highest BCUT2D eigenvalue weighted by molar-refractivity contribution is 5.63. The van der Waals surface area contributed by atoms with Gasteiger partial charge in [-0.25, -0.2) is 0 Å². The standard InChI is InChI=1S/C3H6N2O/c4-3-2(1-6)5-3/h1-3,5H,4H2. The largest absolute Gasteiger partial charge is 0.314 e. The molecule has 0 radical (unpaired) electrons. The summed E-state index contributed by atoms with van der Waals surface area (Å²) in [5, 5.41) is 2.69. The van der Waals surface area contributed by atoms with Gasteiger partial charge in [-0.15, -0.1) is 0 Å². The Balaban J connectivity index is 2.25. The van der Waals surface area contributed by atoms with Gasteiger partial charge in [-0.2, -0.15) is 0 Å². The van der Waals surface area contributed by atoms with Gasteiger partial charge in [0.2, 0.25) is 0 Å². The minimum Gasteiger partial charge on any atom is -0.314 e. The Morgan fingerprint density at radius 3 is 2.33 bits per heavy atom.